The third-order valence-corrected chi connectivity index (χ3v) is 2.82. The Balaban J connectivity index is 3.24. The summed E-state index contributed by atoms with van der Waals surface area (Å²) in [5, 5.41) is 8.73. The first-order valence-electron chi connectivity index (χ1n) is 4.87. The highest BCUT2D eigenvalue weighted by Crippen LogP contribution is 2.23. The molecule has 0 fully saturated rings. The molecule has 17 heavy (non-hydrogen) atoms. The van der Waals surface area contributed by atoms with E-state index in [0.717, 1.165) is 10.4 Å². The summed E-state index contributed by atoms with van der Waals surface area (Å²) in [6.45, 7) is 1.83. The van der Waals surface area contributed by atoms with Gasteiger partial charge in [0.15, 0.2) is 5.82 Å². The average Bonchev–Trinajstić information content (AvgIpc) is 2.26. The molecule has 1 rings (SSSR count). The van der Waals surface area contributed by atoms with Gasteiger partial charge in [-0.2, -0.15) is 0 Å². The third kappa shape index (κ3) is 3.01. The zero-order valence-electron chi connectivity index (χ0n) is 9.05. The van der Waals surface area contributed by atoms with Gasteiger partial charge in [-0.1, -0.05) is 13.0 Å². The Morgan fingerprint density at radius 3 is 2.71 bits per heavy atom. The minimum absolute atomic E-state index is 0.0934. The van der Waals surface area contributed by atoms with Crippen LogP contribution >= 0.6 is 0 Å². The highest BCUT2D eigenvalue weighted by atomic mass is 32.2. The summed E-state index contributed by atoms with van der Waals surface area (Å²) in [7, 11) is 0. The van der Waals surface area contributed by atoms with E-state index in [0.29, 0.717) is 6.42 Å². The van der Waals surface area contributed by atoms with Crippen molar-refractivity contribution in [1.82, 2.24) is 0 Å². The van der Waals surface area contributed by atoms with Crippen LogP contribution in [0.3, 0.4) is 0 Å². The largest absolute Gasteiger partial charge is 0.755 e. The second-order valence-electron chi connectivity index (χ2n) is 3.26. The smallest absolute Gasteiger partial charge is 0.338 e. The van der Waals surface area contributed by atoms with E-state index in [1.165, 1.54) is 12.1 Å². The minimum Gasteiger partial charge on any atom is -0.755 e. The quantitative estimate of drug-likeness (QED) is 0.814. The van der Waals surface area contributed by atoms with Gasteiger partial charge < -0.3 is 9.66 Å². The maximum Gasteiger partial charge on any atom is 0.338 e. The van der Waals surface area contributed by atoms with Crippen LogP contribution in [0.2, 0.25) is 0 Å². The fourth-order valence-corrected chi connectivity index (χ4v) is 1.99. The van der Waals surface area contributed by atoms with Crippen LogP contribution < -0.4 is 4.31 Å². The van der Waals surface area contributed by atoms with E-state index in [2.05, 4.69) is 0 Å². The predicted octanol–water partition coefficient (Wildman–Crippen LogP) is 1.53. The first kappa shape index (κ1) is 13.6. The molecule has 1 atom stereocenters. The molecule has 0 saturated carbocycles. The van der Waals surface area contributed by atoms with Crippen molar-refractivity contribution in [2.45, 2.75) is 13.3 Å². The standard InChI is InChI=1S/C10H12FNO4S/c1-2-6-12(17(15)16)8-5-3-4-7(9(8)11)10(13)14/h3-5H,2,6H2,1H3,(H,13,14)(H,15,16)/p-1. The summed E-state index contributed by atoms with van der Waals surface area (Å²) in [6.07, 6.45) is 0.491. The van der Waals surface area contributed by atoms with Gasteiger partial charge in [0, 0.05) is 17.8 Å². The van der Waals surface area contributed by atoms with Crippen molar-refractivity contribution in [2.75, 3.05) is 10.8 Å². The van der Waals surface area contributed by atoms with Crippen LogP contribution in [-0.4, -0.2) is 26.4 Å². The minimum atomic E-state index is -2.64. The van der Waals surface area contributed by atoms with E-state index in [4.69, 9.17) is 5.11 Å². The van der Waals surface area contributed by atoms with E-state index in [9.17, 15) is 17.9 Å². The number of hydrogen-bond acceptors (Lipinski definition) is 3. The fraction of sp³-hybridized carbons (Fsp3) is 0.300. The molecule has 0 saturated heterocycles. The summed E-state index contributed by atoms with van der Waals surface area (Å²) in [5.41, 5.74) is -0.797. The van der Waals surface area contributed by atoms with E-state index in [-0.39, 0.29) is 12.2 Å². The van der Waals surface area contributed by atoms with Crippen molar-refractivity contribution in [3.8, 4) is 0 Å². The van der Waals surface area contributed by atoms with E-state index in [1.807, 2.05) is 0 Å². The Bertz CT molecular complexity index is 452. The molecule has 5 nitrogen and oxygen atoms in total. The molecule has 0 bridgehead atoms. The molecule has 0 amide bonds. The van der Waals surface area contributed by atoms with Crippen molar-refractivity contribution in [2.24, 2.45) is 0 Å². The molecule has 1 aromatic carbocycles. The molecule has 1 unspecified atom stereocenters. The monoisotopic (exact) mass is 260 g/mol. The molecule has 0 aliphatic carbocycles. The number of carboxylic acid groups (broad SMARTS) is 1. The van der Waals surface area contributed by atoms with Crippen LogP contribution in [0.15, 0.2) is 18.2 Å². The normalized spacial score (nSPS) is 12.2. The number of nitrogens with zero attached hydrogens (tertiary/aromatic N) is 1. The third-order valence-electron chi connectivity index (χ3n) is 2.08. The zero-order valence-corrected chi connectivity index (χ0v) is 9.87. The number of aromatic carboxylic acids is 1. The number of rotatable bonds is 5. The number of hydrogen-bond donors (Lipinski definition) is 1. The van der Waals surface area contributed by atoms with Crippen molar-refractivity contribution in [3.05, 3.63) is 29.6 Å². The Morgan fingerprint density at radius 1 is 1.59 bits per heavy atom. The maximum atomic E-state index is 13.8. The maximum absolute atomic E-state index is 13.8. The Kier molecular flexibility index (Phi) is 4.59. The molecule has 0 aromatic heterocycles. The van der Waals surface area contributed by atoms with Gasteiger partial charge >= 0.3 is 5.97 Å². The Morgan fingerprint density at radius 2 is 2.24 bits per heavy atom. The van der Waals surface area contributed by atoms with E-state index < -0.39 is 28.6 Å². The van der Waals surface area contributed by atoms with Crippen molar-refractivity contribution >= 4 is 22.9 Å². The van der Waals surface area contributed by atoms with Gasteiger partial charge in [0.05, 0.1) is 11.3 Å². The van der Waals surface area contributed by atoms with Crippen molar-refractivity contribution in [3.63, 3.8) is 0 Å². The van der Waals surface area contributed by atoms with Gasteiger partial charge in [0.2, 0.25) is 0 Å². The lowest BCUT2D eigenvalue weighted by molar-refractivity contribution is 0.0692. The molecule has 0 aliphatic heterocycles. The molecule has 0 aliphatic rings. The zero-order chi connectivity index (χ0) is 13.0. The Hall–Kier alpha value is -1.47. The molecule has 0 spiro atoms. The molecule has 94 valence electrons. The van der Waals surface area contributed by atoms with Gasteiger partial charge in [-0.25, -0.2) is 9.18 Å². The van der Waals surface area contributed by atoms with Crippen molar-refractivity contribution in [1.29, 1.82) is 0 Å². The summed E-state index contributed by atoms with van der Waals surface area (Å²) in [4.78, 5) is 10.7. The summed E-state index contributed by atoms with van der Waals surface area (Å²) < 4.78 is 36.4. The van der Waals surface area contributed by atoms with Gasteiger partial charge in [0.25, 0.3) is 0 Å². The number of carbonyl (C=O) groups is 1. The number of benzene rings is 1. The number of carboxylic acids is 1. The highest BCUT2D eigenvalue weighted by molar-refractivity contribution is 7.80. The van der Waals surface area contributed by atoms with E-state index >= 15 is 0 Å². The lowest BCUT2D eigenvalue weighted by atomic mass is 10.2. The van der Waals surface area contributed by atoms with Crippen LogP contribution in [0, 0.1) is 5.82 Å². The number of halogens is 1. The first-order chi connectivity index (χ1) is 7.99. The average molecular weight is 260 g/mol. The van der Waals surface area contributed by atoms with Crippen LogP contribution in [0.25, 0.3) is 0 Å². The van der Waals surface area contributed by atoms with Gasteiger partial charge in [-0.05, 0) is 18.6 Å². The van der Waals surface area contributed by atoms with Gasteiger partial charge in [0.1, 0.15) is 0 Å². The molecule has 0 heterocycles. The summed E-state index contributed by atoms with van der Waals surface area (Å²) >= 11 is -2.64. The molecule has 7 heteroatoms. The SMILES string of the molecule is CCCN(c1cccc(C(=O)O)c1F)S(=O)[O-]. The van der Waals surface area contributed by atoms with Crippen LogP contribution in [0.5, 0.6) is 0 Å². The summed E-state index contributed by atoms with van der Waals surface area (Å²) in [5.74, 6) is -2.48. The first-order valence-corrected chi connectivity index (χ1v) is 5.91. The van der Waals surface area contributed by atoms with Crippen LogP contribution in [0.4, 0.5) is 10.1 Å². The van der Waals surface area contributed by atoms with Crippen molar-refractivity contribution < 1.29 is 23.1 Å². The predicted molar refractivity (Wildman–Crippen MR) is 59.9 cm³/mol. The topological polar surface area (TPSA) is 80.7 Å². The Labute approximate surface area is 100 Å². The second kappa shape index (κ2) is 5.74. The fourth-order valence-electron chi connectivity index (χ4n) is 1.36. The van der Waals surface area contributed by atoms with Crippen LogP contribution in [0.1, 0.15) is 23.7 Å². The highest BCUT2D eigenvalue weighted by Gasteiger charge is 2.18. The van der Waals surface area contributed by atoms with Gasteiger partial charge in [-0.15, -0.1) is 0 Å². The van der Waals surface area contributed by atoms with Crippen LogP contribution in [-0.2, 0) is 11.3 Å². The molecule has 1 aromatic rings. The molecular weight excluding hydrogens is 249 g/mol. The molecule has 0 radical (unpaired) electrons. The van der Waals surface area contributed by atoms with E-state index in [1.54, 1.807) is 6.92 Å². The lowest BCUT2D eigenvalue weighted by Crippen LogP contribution is -2.27. The molecule has 1 N–H and O–H groups in total. The second-order valence-corrected chi connectivity index (χ2v) is 4.14. The number of anilines is 1. The summed E-state index contributed by atoms with van der Waals surface area (Å²) in [6, 6.07) is 3.61. The molecular formula is C10H11FNO4S-. The lowest BCUT2D eigenvalue weighted by Gasteiger charge is -2.26. The van der Waals surface area contributed by atoms with Gasteiger partial charge in [-0.3, -0.25) is 8.51 Å².